The first-order chi connectivity index (χ1) is 13.2. The Labute approximate surface area is 162 Å². The van der Waals surface area contributed by atoms with Crippen molar-refractivity contribution in [2.45, 2.75) is 6.18 Å². The van der Waals surface area contributed by atoms with Gasteiger partial charge in [0.2, 0.25) is 0 Å². The summed E-state index contributed by atoms with van der Waals surface area (Å²) in [5.74, 6) is -1.67. The third-order valence-electron chi connectivity index (χ3n) is 3.71. The fourth-order valence-corrected chi connectivity index (χ4v) is 2.53. The minimum atomic E-state index is -4.59. The Morgan fingerprint density at radius 3 is 2.57 bits per heavy atom. The van der Waals surface area contributed by atoms with E-state index in [0.29, 0.717) is 11.6 Å². The third-order valence-corrected chi connectivity index (χ3v) is 4.04. The van der Waals surface area contributed by atoms with Crippen LogP contribution < -0.4 is 5.32 Å². The van der Waals surface area contributed by atoms with Crippen molar-refractivity contribution in [1.82, 2.24) is 4.98 Å². The number of para-hydroxylation sites is 1. The van der Waals surface area contributed by atoms with Gasteiger partial charge < -0.3 is 10.1 Å². The first-order valence-corrected chi connectivity index (χ1v) is 8.31. The molecule has 28 heavy (non-hydrogen) atoms. The van der Waals surface area contributed by atoms with Crippen LogP contribution in [-0.2, 0) is 15.7 Å². The van der Waals surface area contributed by atoms with Crippen molar-refractivity contribution in [3.63, 3.8) is 0 Å². The largest absolute Gasteiger partial charge is 0.451 e. The summed E-state index contributed by atoms with van der Waals surface area (Å²) in [6.45, 7) is -0.708. The lowest BCUT2D eigenvalue weighted by Gasteiger charge is -2.11. The van der Waals surface area contributed by atoms with Crippen LogP contribution >= 0.6 is 11.6 Å². The normalized spacial score (nSPS) is 11.3. The summed E-state index contributed by atoms with van der Waals surface area (Å²) in [6.07, 6.45) is -4.59. The molecule has 3 aromatic rings. The summed E-state index contributed by atoms with van der Waals surface area (Å²) in [4.78, 5) is 28.1. The van der Waals surface area contributed by atoms with Gasteiger partial charge in [-0.25, -0.2) is 9.78 Å². The number of amides is 1. The maximum absolute atomic E-state index is 12.8. The van der Waals surface area contributed by atoms with Crippen molar-refractivity contribution in [1.29, 1.82) is 0 Å². The summed E-state index contributed by atoms with van der Waals surface area (Å²) < 4.78 is 43.1. The van der Waals surface area contributed by atoms with Crippen molar-refractivity contribution in [2.75, 3.05) is 11.9 Å². The number of rotatable bonds is 4. The molecule has 0 bridgehead atoms. The Kier molecular flexibility index (Phi) is 5.51. The summed E-state index contributed by atoms with van der Waals surface area (Å²) in [7, 11) is 0. The number of halogens is 4. The topological polar surface area (TPSA) is 68.3 Å². The van der Waals surface area contributed by atoms with E-state index in [9.17, 15) is 22.8 Å². The zero-order valence-electron chi connectivity index (χ0n) is 14.1. The highest BCUT2D eigenvalue weighted by Crippen LogP contribution is 2.33. The van der Waals surface area contributed by atoms with Crippen LogP contribution in [0.1, 0.15) is 16.1 Å². The van der Waals surface area contributed by atoms with Crippen molar-refractivity contribution >= 4 is 40.1 Å². The predicted molar refractivity (Wildman–Crippen MR) is 97.1 cm³/mol. The minimum Gasteiger partial charge on any atom is -0.451 e. The number of hydrogen-bond acceptors (Lipinski definition) is 4. The van der Waals surface area contributed by atoms with Crippen LogP contribution in [-0.4, -0.2) is 23.5 Å². The molecule has 144 valence electrons. The Hall–Kier alpha value is -3.13. The number of nitrogens with one attached hydrogen (secondary N) is 1. The number of ether oxygens (including phenoxy) is 1. The summed E-state index contributed by atoms with van der Waals surface area (Å²) in [6, 6.07) is 12.8. The second kappa shape index (κ2) is 7.85. The van der Waals surface area contributed by atoms with Crippen LogP contribution in [0.25, 0.3) is 10.9 Å². The lowest BCUT2D eigenvalue weighted by Crippen LogP contribution is -2.21. The fourth-order valence-electron chi connectivity index (χ4n) is 2.37. The van der Waals surface area contributed by atoms with Crippen molar-refractivity contribution < 1.29 is 27.5 Å². The monoisotopic (exact) mass is 408 g/mol. The van der Waals surface area contributed by atoms with Gasteiger partial charge in [0.1, 0.15) is 5.69 Å². The molecule has 1 amide bonds. The molecule has 0 saturated heterocycles. The van der Waals surface area contributed by atoms with Crippen LogP contribution in [0.4, 0.5) is 18.9 Å². The first-order valence-electron chi connectivity index (χ1n) is 7.93. The molecule has 0 saturated carbocycles. The van der Waals surface area contributed by atoms with Gasteiger partial charge in [-0.05, 0) is 30.3 Å². The Morgan fingerprint density at radius 2 is 1.82 bits per heavy atom. The summed E-state index contributed by atoms with van der Waals surface area (Å²) in [5.41, 5.74) is -0.619. The van der Waals surface area contributed by atoms with E-state index < -0.39 is 30.2 Å². The molecule has 0 aliphatic rings. The number of alkyl halides is 3. The Bertz CT molecular complexity index is 1050. The Morgan fingerprint density at radius 1 is 1.07 bits per heavy atom. The lowest BCUT2D eigenvalue weighted by atomic mass is 10.2. The Balaban J connectivity index is 1.64. The molecule has 0 unspecified atom stereocenters. The van der Waals surface area contributed by atoms with Gasteiger partial charge in [-0.15, -0.1) is 0 Å². The van der Waals surface area contributed by atoms with Gasteiger partial charge in [0.05, 0.1) is 21.8 Å². The van der Waals surface area contributed by atoms with Gasteiger partial charge in [-0.3, -0.25) is 4.79 Å². The average Bonchev–Trinajstić information content (AvgIpc) is 2.66. The smallest absolute Gasteiger partial charge is 0.416 e. The van der Waals surface area contributed by atoms with Crippen molar-refractivity contribution in [2.24, 2.45) is 0 Å². The molecule has 1 heterocycles. The summed E-state index contributed by atoms with van der Waals surface area (Å²) >= 11 is 5.80. The van der Waals surface area contributed by atoms with E-state index in [0.717, 1.165) is 17.5 Å². The number of hydrogen-bond donors (Lipinski definition) is 1. The zero-order chi connectivity index (χ0) is 20.3. The van der Waals surface area contributed by atoms with Crippen LogP contribution in [0.15, 0.2) is 54.6 Å². The number of carbonyl (C=O) groups excluding carboxylic acids is 2. The molecular weight excluding hydrogens is 397 g/mol. The maximum atomic E-state index is 12.8. The molecule has 1 N–H and O–H groups in total. The van der Waals surface area contributed by atoms with E-state index in [1.165, 1.54) is 6.07 Å². The van der Waals surface area contributed by atoms with Crippen molar-refractivity contribution in [3.8, 4) is 0 Å². The highest BCUT2D eigenvalue weighted by molar-refractivity contribution is 6.33. The molecule has 2 aromatic carbocycles. The molecule has 0 fully saturated rings. The van der Waals surface area contributed by atoms with E-state index in [2.05, 4.69) is 10.3 Å². The molecule has 0 spiro atoms. The maximum Gasteiger partial charge on any atom is 0.416 e. The number of aromatic nitrogens is 1. The number of nitrogens with zero attached hydrogens (tertiary/aromatic N) is 1. The van der Waals surface area contributed by atoms with Gasteiger partial charge >= 0.3 is 12.1 Å². The van der Waals surface area contributed by atoms with Gasteiger partial charge in [-0.1, -0.05) is 35.9 Å². The van der Waals surface area contributed by atoms with E-state index in [4.69, 9.17) is 16.3 Å². The molecule has 5 nitrogen and oxygen atoms in total. The molecule has 9 heteroatoms. The standard InChI is InChI=1S/C19H12ClF3N2O3/c20-13-7-6-12(19(21,22)23)9-16(13)25-17(26)10-28-18(27)15-8-5-11-3-1-2-4-14(11)24-15/h1-9H,10H2,(H,25,26). The number of carbonyl (C=O) groups is 2. The molecule has 1 aromatic heterocycles. The van der Waals surface area contributed by atoms with E-state index in [1.807, 2.05) is 12.1 Å². The van der Waals surface area contributed by atoms with Crippen LogP contribution in [0.5, 0.6) is 0 Å². The quantitative estimate of drug-likeness (QED) is 0.635. The second-order valence-corrected chi connectivity index (χ2v) is 6.11. The first kappa shape index (κ1) is 19.6. The second-order valence-electron chi connectivity index (χ2n) is 5.71. The van der Waals surface area contributed by atoms with Gasteiger partial charge in [0.15, 0.2) is 6.61 Å². The van der Waals surface area contributed by atoms with E-state index in [-0.39, 0.29) is 16.4 Å². The van der Waals surface area contributed by atoms with Gasteiger partial charge in [0, 0.05) is 5.39 Å². The van der Waals surface area contributed by atoms with E-state index >= 15 is 0 Å². The lowest BCUT2D eigenvalue weighted by molar-refractivity contribution is -0.137. The summed E-state index contributed by atoms with van der Waals surface area (Å²) in [5, 5.41) is 2.94. The SMILES string of the molecule is O=C(COC(=O)c1ccc2ccccc2n1)Nc1cc(C(F)(F)F)ccc1Cl. The van der Waals surface area contributed by atoms with Crippen LogP contribution in [0.3, 0.4) is 0 Å². The third kappa shape index (κ3) is 4.58. The molecule has 0 aliphatic carbocycles. The molecule has 0 radical (unpaired) electrons. The fraction of sp³-hybridized carbons (Fsp3) is 0.105. The van der Waals surface area contributed by atoms with Gasteiger partial charge in [0.25, 0.3) is 5.91 Å². The molecule has 0 aliphatic heterocycles. The zero-order valence-corrected chi connectivity index (χ0v) is 14.8. The molecule has 3 rings (SSSR count). The van der Waals surface area contributed by atoms with Crippen LogP contribution in [0, 0.1) is 0 Å². The number of benzene rings is 2. The van der Waals surface area contributed by atoms with Crippen LogP contribution in [0.2, 0.25) is 5.02 Å². The average molecular weight is 409 g/mol. The van der Waals surface area contributed by atoms with E-state index in [1.54, 1.807) is 18.2 Å². The number of anilines is 1. The molecule has 0 atom stereocenters. The van der Waals surface area contributed by atoms with Gasteiger partial charge in [-0.2, -0.15) is 13.2 Å². The molecular formula is C19H12ClF3N2O3. The highest BCUT2D eigenvalue weighted by Gasteiger charge is 2.31. The minimum absolute atomic E-state index is 0.00333. The van der Waals surface area contributed by atoms with Crippen molar-refractivity contribution in [3.05, 3.63) is 70.9 Å². The predicted octanol–water partition coefficient (Wildman–Crippen LogP) is 4.70. The highest BCUT2D eigenvalue weighted by atomic mass is 35.5. The number of pyridine rings is 1. The number of esters is 1. The number of fused-ring (bicyclic) bond motifs is 1.